The fraction of sp³-hybridized carbons (Fsp3) is 0.148. The second-order valence-electron chi connectivity index (χ2n) is 8.46. The van der Waals surface area contributed by atoms with Crippen molar-refractivity contribution in [2.45, 2.75) is 26.9 Å². The molecular weight excluding hydrogens is 426 g/mol. The lowest BCUT2D eigenvalue weighted by atomic mass is 10.2. The van der Waals surface area contributed by atoms with Crippen molar-refractivity contribution in [2.75, 3.05) is 11.5 Å². The van der Waals surface area contributed by atoms with E-state index in [9.17, 15) is 9.59 Å². The normalized spacial score (nSPS) is 11.4. The standard InChI is InChI=1S/C27H25N5O2/c1-16-26(28)18-8-3-5-12-22(18)31(16)14-24(33)20-10-7-11-21(30-20)25(34)15-32-17(2)27(29)19-9-4-6-13-23(19)32/h3-13H,14-15,28-29H2,1-2H3. The van der Waals surface area contributed by atoms with Gasteiger partial charge in [-0.15, -0.1) is 0 Å². The third-order valence-corrected chi connectivity index (χ3v) is 6.48. The molecule has 0 atom stereocenters. The van der Waals surface area contributed by atoms with E-state index in [2.05, 4.69) is 4.98 Å². The van der Waals surface area contributed by atoms with Crippen molar-refractivity contribution in [1.29, 1.82) is 0 Å². The van der Waals surface area contributed by atoms with E-state index in [0.29, 0.717) is 11.4 Å². The molecule has 0 radical (unpaired) electrons. The number of anilines is 2. The van der Waals surface area contributed by atoms with E-state index in [4.69, 9.17) is 11.5 Å². The molecule has 0 unspecified atom stereocenters. The number of rotatable bonds is 6. The third kappa shape index (κ3) is 3.42. The van der Waals surface area contributed by atoms with E-state index in [0.717, 1.165) is 33.2 Å². The molecule has 7 heteroatoms. The van der Waals surface area contributed by atoms with Gasteiger partial charge in [0.05, 0.1) is 35.5 Å². The Kier molecular flexibility index (Phi) is 5.17. The molecule has 4 N–H and O–H groups in total. The van der Waals surface area contributed by atoms with Gasteiger partial charge in [-0.25, -0.2) is 4.98 Å². The second kappa shape index (κ2) is 8.19. The number of aromatic nitrogens is 3. The van der Waals surface area contributed by atoms with E-state index < -0.39 is 0 Å². The zero-order valence-corrected chi connectivity index (χ0v) is 19.1. The number of hydrogen-bond donors (Lipinski definition) is 2. The van der Waals surface area contributed by atoms with Crippen LogP contribution < -0.4 is 11.5 Å². The van der Waals surface area contributed by atoms with Gasteiger partial charge in [0.1, 0.15) is 11.4 Å². The molecule has 0 saturated heterocycles. The van der Waals surface area contributed by atoms with E-state index in [1.807, 2.05) is 71.5 Å². The Morgan fingerprint density at radius 3 is 1.53 bits per heavy atom. The van der Waals surface area contributed by atoms with Crippen LogP contribution in [0, 0.1) is 13.8 Å². The Hall–Kier alpha value is -4.39. The lowest BCUT2D eigenvalue weighted by Gasteiger charge is -2.10. The molecule has 7 nitrogen and oxygen atoms in total. The van der Waals surface area contributed by atoms with E-state index in [-0.39, 0.29) is 36.0 Å². The molecule has 3 heterocycles. The van der Waals surface area contributed by atoms with Crippen molar-refractivity contribution in [1.82, 2.24) is 14.1 Å². The molecule has 0 aliphatic carbocycles. The molecule has 0 bridgehead atoms. The molecule has 5 rings (SSSR count). The fourth-order valence-corrected chi connectivity index (χ4v) is 4.52. The molecule has 3 aromatic heterocycles. The molecule has 0 spiro atoms. The molecule has 0 amide bonds. The Morgan fingerprint density at radius 2 is 1.09 bits per heavy atom. The summed E-state index contributed by atoms with van der Waals surface area (Å²) in [6.45, 7) is 3.97. The zero-order valence-electron chi connectivity index (χ0n) is 19.1. The average Bonchev–Trinajstić information content (AvgIpc) is 3.25. The van der Waals surface area contributed by atoms with E-state index in [1.54, 1.807) is 18.2 Å². The molecule has 5 aromatic rings. The maximum atomic E-state index is 13.1. The summed E-state index contributed by atoms with van der Waals surface area (Å²) in [7, 11) is 0. The minimum Gasteiger partial charge on any atom is -0.397 e. The number of ketones is 2. The van der Waals surface area contributed by atoms with Crippen molar-refractivity contribution >= 4 is 44.7 Å². The number of benzene rings is 2. The van der Waals surface area contributed by atoms with Crippen molar-refractivity contribution < 1.29 is 9.59 Å². The number of para-hydroxylation sites is 2. The average molecular weight is 452 g/mol. The van der Waals surface area contributed by atoms with Crippen molar-refractivity contribution in [2.24, 2.45) is 0 Å². The van der Waals surface area contributed by atoms with Crippen LogP contribution in [-0.4, -0.2) is 25.7 Å². The quantitative estimate of drug-likeness (QED) is 0.369. The van der Waals surface area contributed by atoms with Gasteiger partial charge in [0.2, 0.25) is 11.6 Å². The van der Waals surface area contributed by atoms with Gasteiger partial charge in [-0.1, -0.05) is 42.5 Å². The zero-order chi connectivity index (χ0) is 24.0. The highest BCUT2D eigenvalue weighted by atomic mass is 16.1. The van der Waals surface area contributed by atoms with Gasteiger partial charge in [0, 0.05) is 22.2 Å². The van der Waals surface area contributed by atoms with Crippen LogP contribution in [-0.2, 0) is 13.1 Å². The molecule has 0 saturated carbocycles. The highest BCUT2D eigenvalue weighted by Crippen LogP contribution is 2.29. The Labute approximate surface area is 196 Å². The van der Waals surface area contributed by atoms with Crippen LogP contribution in [0.2, 0.25) is 0 Å². The first kappa shape index (κ1) is 21.5. The second-order valence-corrected chi connectivity index (χ2v) is 8.46. The van der Waals surface area contributed by atoms with Crippen LogP contribution in [0.5, 0.6) is 0 Å². The Morgan fingerprint density at radius 1 is 0.676 bits per heavy atom. The number of nitrogens with two attached hydrogens (primary N) is 2. The van der Waals surface area contributed by atoms with Gasteiger partial charge >= 0.3 is 0 Å². The molecule has 0 fully saturated rings. The van der Waals surface area contributed by atoms with Gasteiger partial charge in [-0.2, -0.15) is 0 Å². The highest BCUT2D eigenvalue weighted by molar-refractivity contribution is 6.01. The fourth-order valence-electron chi connectivity index (χ4n) is 4.52. The van der Waals surface area contributed by atoms with Gasteiger partial charge in [-0.05, 0) is 38.1 Å². The third-order valence-electron chi connectivity index (χ3n) is 6.48. The van der Waals surface area contributed by atoms with Gasteiger partial charge in [0.15, 0.2) is 0 Å². The first-order valence-electron chi connectivity index (χ1n) is 11.1. The predicted octanol–water partition coefficient (Wildman–Crippen LogP) is 4.54. The van der Waals surface area contributed by atoms with Gasteiger partial charge < -0.3 is 20.6 Å². The number of Topliss-reactive ketones (excluding diaryl/α,β-unsaturated/α-hetero) is 2. The monoisotopic (exact) mass is 451 g/mol. The highest BCUT2D eigenvalue weighted by Gasteiger charge is 2.19. The van der Waals surface area contributed by atoms with Crippen LogP contribution in [0.25, 0.3) is 21.8 Å². The summed E-state index contributed by atoms with van der Waals surface area (Å²) in [5.41, 5.74) is 17.7. The van der Waals surface area contributed by atoms with E-state index >= 15 is 0 Å². The van der Waals surface area contributed by atoms with Crippen molar-refractivity contribution in [3.63, 3.8) is 0 Å². The number of carbonyl (C=O) groups excluding carboxylic acids is 2. The lowest BCUT2D eigenvalue weighted by Crippen LogP contribution is -2.17. The molecule has 34 heavy (non-hydrogen) atoms. The number of pyridine rings is 1. The lowest BCUT2D eigenvalue weighted by molar-refractivity contribution is 0.0964. The molecule has 0 aliphatic heterocycles. The summed E-state index contributed by atoms with van der Waals surface area (Å²) in [6.07, 6.45) is 0. The maximum absolute atomic E-state index is 13.1. The van der Waals surface area contributed by atoms with Crippen molar-refractivity contribution in [3.8, 4) is 0 Å². The van der Waals surface area contributed by atoms with Gasteiger partial charge in [0.25, 0.3) is 0 Å². The predicted molar refractivity (Wildman–Crippen MR) is 135 cm³/mol. The summed E-state index contributed by atoms with van der Waals surface area (Å²) < 4.78 is 3.78. The number of nitrogens with zero attached hydrogens (tertiary/aromatic N) is 3. The van der Waals surface area contributed by atoms with Gasteiger partial charge in [-0.3, -0.25) is 9.59 Å². The topological polar surface area (TPSA) is 109 Å². The number of nitrogen functional groups attached to an aromatic ring is 2. The summed E-state index contributed by atoms with van der Waals surface area (Å²) in [6, 6.07) is 20.4. The summed E-state index contributed by atoms with van der Waals surface area (Å²) in [5.74, 6) is -0.379. The molecule has 170 valence electrons. The van der Waals surface area contributed by atoms with Crippen LogP contribution >= 0.6 is 0 Å². The Balaban J connectivity index is 1.42. The van der Waals surface area contributed by atoms with E-state index in [1.165, 1.54) is 0 Å². The summed E-state index contributed by atoms with van der Waals surface area (Å²) in [4.78, 5) is 30.7. The SMILES string of the molecule is Cc1c(N)c2ccccc2n1CC(=O)c1cccc(C(=O)Cn2c(C)c(N)c3ccccc32)n1. The summed E-state index contributed by atoms with van der Waals surface area (Å²) in [5, 5.41) is 1.83. The first-order valence-corrected chi connectivity index (χ1v) is 11.1. The molecule has 2 aromatic carbocycles. The minimum atomic E-state index is -0.189. The number of carbonyl (C=O) groups is 2. The minimum absolute atomic E-state index is 0.0894. The smallest absolute Gasteiger partial charge is 0.200 e. The largest absolute Gasteiger partial charge is 0.397 e. The van der Waals surface area contributed by atoms with Crippen molar-refractivity contribution in [3.05, 3.63) is 89.5 Å². The maximum Gasteiger partial charge on any atom is 0.200 e. The van der Waals surface area contributed by atoms with Crippen LogP contribution in [0.1, 0.15) is 32.4 Å². The first-order chi connectivity index (χ1) is 16.4. The number of hydrogen-bond acceptors (Lipinski definition) is 5. The molecule has 0 aliphatic rings. The number of fused-ring (bicyclic) bond motifs is 2. The molecular formula is C27H25N5O2. The van der Waals surface area contributed by atoms with Crippen LogP contribution in [0.15, 0.2) is 66.7 Å². The Bertz CT molecular complexity index is 1480. The van der Waals surface area contributed by atoms with Crippen LogP contribution in [0.4, 0.5) is 11.4 Å². The van der Waals surface area contributed by atoms with Crippen LogP contribution in [0.3, 0.4) is 0 Å². The summed E-state index contributed by atoms with van der Waals surface area (Å²) >= 11 is 0.